The third-order valence-corrected chi connectivity index (χ3v) is 3.92. The normalized spacial score (nSPS) is 22.5. The number of amides is 3. The second kappa shape index (κ2) is 5.75. The van der Waals surface area contributed by atoms with Crippen LogP contribution < -0.4 is 4.99 Å². The van der Waals surface area contributed by atoms with Crippen molar-refractivity contribution in [1.82, 2.24) is 9.80 Å². The lowest BCUT2D eigenvalue weighted by molar-refractivity contribution is -0.382. The standard InChI is InChI=1S/C16H15FN4O2/c1-20-14-13(15(22)21(2)16(20)23)12(7-8-18-14)19-9-10-3-5-11(17)6-4-10/h3-8,13H,9H2,1-2H3/p+1. The summed E-state index contributed by atoms with van der Waals surface area (Å²) in [7, 11) is 3.06. The van der Waals surface area contributed by atoms with E-state index in [4.69, 9.17) is 0 Å². The van der Waals surface area contributed by atoms with Gasteiger partial charge in [0.25, 0.3) is 11.7 Å². The van der Waals surface area contributed by atoms with Gasteiger partial charge in [-0.05, 0) is 23.8 Å². The number of fused-ring (bicyclic) bond motifs is 1. The van der Waals surface area contributed by atoms with E-state index >= 15 is 0 Å². The Morgan fingerprint density at radius 1 is 1.17 bits per heavy atom. The number of nitrogens with zero attached hydrogens (tertiary/aromatic N) is 3. The lowest BCUT2D eigenvalue weighted by Gasteiger charge is -2.31. The summed E-state index contributed by atoms with van der Waals surface area (Å²) in [5.74, 6) is -0.757. The second-order valence-electron chi connectivity index (χ2n) is 5.40. The van der Waals surface area contributed by atoms with Gasteiger partial charge in [0.1, 0.15) is 5.82 Å². The zero-order chi connectivity index (χ0) is 16.6. The zero-order valence-corrected chi connectivity index (χ0v) is 12.8. The van der Waals surface area contributed by atoms with Gasteiger partial charge >= 0.3 is 6.03 Å². The molecule has 23 heavy (non-hydrogen) atoms. The molecule has 2 aliphatic heterocycles. The summed E-state index contributed by atoms with van der Waals surface area (Å²) in [5.41, 5.74) is 1.41. The number of carbonyl (C=O) groups is 2. The lowest BCUT2D eigenvalue weighted by Crippen LogP contribution is -2.79. The summed E-state index contributed by atoms with van der Waals surface area (Å²) in [6.45, 7) is 0.332. The van der Waals surface area contributed by atoms with Crippen molar-refractivity contribution in [2.75, 3.05) is 14.1 Å². The number of imide groups is 1. The molecule has 6 nitrogen and oxygen atoms in total. The highest BCUT2D eigenvalue weighted by atomic mass is 19.1. The highest BCUT2D eigenvalue weighted by Gasteiger charge is 2.49. The maximum atomic E-state index is 12.9. The van der Waals surface area contributed by atoms with E-state index in [1.807, 2.05) is 0 Å². The molecule has 0 spiro atoms. The average Bonchev–Trinajstić information content (AvgIpc) is 2.57. The van der Waals surface area contributed by atoms with Crippen LogP contribution in [0.2, 0.25) is 0 Å². The minimum Gasteiger partial charge on any atom is -0.283 e. The molecule has 7 heteroatoms. The van der Waals surface area contributed by atoms with Gasteiger partial charge in [-0.25, -0.2) is 19.1 Å². The Morgan fingerprint density at radius 3 is 2.57 bits per heavy atom. The Morgan fingerprint density at radius 2 is 1.87 bits per heavy atom. The van der Waals surface area contributed by atoms with E-state index in [9.17, 15) is 14.0 Å². The van der Waals surface area contributed by atoms with E-state index in [0.29, 0.717) is 18.1 Å². The number of urea groups is 1. The van der Waals surface area contributed by atoms with Crippen LogP contribution in [0.15, 0.2) is 41.5 Å². The van der Waals surface area contributed by atoms with Crippen molar-refractivity contribution >= 4 is 23.5 Å². The van der Waals surface area contributed by atoms with Crippen molar-refractivity contribution in [2.24, 2.45) is 10.9 Å². The van der Waals surface area contributed by atoms with Crippen LogP contribution in [0.4, 0.5) is 9.18 Å². The summed E-state index contributed by atoms with van der Waals surface area (Å²) < 4.78 is 12.9. The number of rotatable bonds is 2. The molecule has 1 saturated heterocycles. The molecule has 0 aromatic heterocycles. The Bertz CT molecular complexity index is 752. The van der Waals surface area contributed by atoms with Gasteiger partial charge in [-0.15, -0.1) is 0 Å². The van der Waals surface area contributed by atoms with E-state index in [1.165, 1.54) is 24.1 Å². The number of carbonyl (C=O) groups excluding carboxylic acids is 2. The molecule has 1 fully saturated rings. The number of halogens is 1. The molecular weight excluding hydrogens is 299 g/mol. The summed E-state index contributed by atoms with van der Waals surface area (Å²) in [6.07, 6.45) is 3.37. The largest absolute Gasteiger partial charge is 0.417 e. The molecule has 1 aromatic rings. The predicted molar refractivity (Wildman–Crippen MR) is 82.1 cm³/mol. The second-order valence-corrected chi connectivity index (χ2v) is 5.40. The molecule has 2 heterocycles. The van der Waals surface area contributed by atoms with E-state index < -0.39 is 5.92 Å². The van der Waals surface area contributed by atoms with Crippen LogP contribution in [-0.2, 0) is 11.3 Å². The number of allylic oxidation sites excluding steroid dienone is 1. The fraction of sp³-hybridized carbons (Fsp3) is 0.250. The summed E-state index contributed by atoms with van der Waals surface area (Å²) in [6, 6.07) is 5.66. The SMILES string of the molecule is CN1C(=O)C2C(=NCc3ccc(F)cc3)C=C[NH+]=C2N(C)C1=O. The first kappa shape index (κ1) is 15.1. The van der Waals surface area contributed by atoms with E-state index in [-0.39, 0.29) is 17.8 Å². The molecule has 1 aromatic carbocycles. The molecule has 0 bridgehead atoms. The van der Waals surface area contributed by atoms with Crippen molar-refractivity contribution in [1.29, 1.82) is 0 Å². The Hall–Kier alpha value is -2.83. The van der Waals surface area contributed by atoms with Gasteiger partial charge < -0.3 is 0 Å². The maximum absolute atomic E-state index is 12.9. The van der Waals surface area contributed by atoms with Crippen LogP contribution in [0, 0.1) is 11.7 Å². The fourth-order valence-corrected chi connectivity index (χ4v) is 2.60. The monoisotopic (exact) mass is 315 g/mol. The zero-order valence-electron chi connectivity index (χ0n) is 12.8. The molecule has 118 valence electrons. The lowest BCUT2D eigenvalue weighted by atomic mass is 9.95. The third kappa shape index (κ3) is 2.65. The van der Waals surface area contributed by atoms with Gasteiger partial charge in [0.15, 0.2) is 5.92 Å². The molecule has 1 unspecified atom stereocenters. The topological polar surface area (TPSA) is 67.0 Å². The molecule has 1 atom stereocenters. The molecule has 1 N–H and O–H groups in total. The van der Waals surface area contributed by atoms with Crippen molar-refractivity contribution in [3.8, 4) is 0 Å². The number of benzene rings is 1. The van der Waals surface area contributed by atoms with Gasteiger partial charge in [-0.1, -0.05) is 12.1 Å². The summed E-state index contributed by atoms with van der Waals surface area (Å²) >= 11 is 0. The smallest absolute Gasteiger partial charge is 0.283 e. The summed E-state index contributed by atoms with van der Waals surface area (Å²) in [5, 5.41) is 0. The van der Waals surface area contributed by atoms with Gasteiger partial charge in [0, 0.05) is 7.05 Å². The van der Waals surface area contributed by atoms with E-state index in [0.717, 1.165) is 10.5 Å². The molecule has 3 amide bonds. The summed E-state index contributed by atoms with van der Waals surface area (Å²) in [4.78, 5) is 34.3. The average molecular weight is 315 g/mol. The van der Waals surface area contributed by atoms with Crippen LogP contribution in [0.5, 0.6) is 0 Å². The van der Waals surface area contributed by atoms with Gasteiger partial charge in [-0.3, -0.25) is 9.79 Å². The van der Waals surface area contributed by atoms with Gasteiger partial charge in [-0.2, -0.15) is 4.90 Å². The van der Waals surface area contributed by atoms with Crippen LogP contribution >= 0.6 is 0 Å². The first-order valence-corrected chi connectivity index (χ1v) is 7.13. The molecule has 2 aliphatic rings. The van der Waals surface area contributed by atoms with Crippen molar-refractivity contribution in [3.05, 3.63) is 47.9 Å². The van der Waals surface area contributed by atoms with Crippen LogP contribution in [0.1, 0.15) is 5.56 Å². The number of hydrogen-bond donors (Lipinski definition) is 1. The van der Waals surface area contributed by atoms with E-state index in [1.54, 1.807) is 31.5 Å². The van der Waals surface area contributed by atoms with Crippen LogP contribution in [-0.4, -0.2) is 47.4 Å². The minimum atomic E-state index is -0.631. The number of nitrogens with one attached hydrogen (secondary N) is 1. The first-order valence-electron chi connectivity index (χ1n) is 7.13. The van der Waals surface area contributed by atoms with Crippen molar-refractivity contribution in [3.63, 3.8) is 0 Å². The highest BCUT2D eigenvalue weighted by molar-refractivity contribution is 6.30. The minimum absolute atomic E-state index is 0.303. The Kier molecular flexibility index (Phi) is 3.77. The third-order valence-electron chi connectivity index (χ3n) is 3.92. The molecule has 0 aliphatic carbocycles. The number of aliphatic imine (C=N–C) groups is 1. The molecule has 0 saturated carbocycles. The highest BCUT2D eigenvalue weighted by Crippen LogP contribution is 2.18. The maximum Gasteiger partial charge on any atom is 0.417 e. The predicted octanol–water partition coefficient (Wildman–Crippen LogP) is -0.0869. The molecular formula is C16H16FN4O2+. The van der Waals surface area contributed by atoms with Crippen LogP contribution in [0.25, 0.3) is 0 Å². The van der Waals surface area contributed by atoms with Gasteiger partial charge in [0.05, 0.1) is 25.5 Å². The fourth-order valence-electron chi connectivity index (χ4n) is 2.60. The number of amidine groups is 1. The first-order chi connectivity index (χ1) is 11.0. The molecule has 3 rings (SSSR count). The van der Waals surface area contributed by atoms with E-state index in [2.05, 4.69) is 9.98 Å². The Balaban J connectivity index is 1.89. The number of hydrogen-bond acceptors (Lipinski definition) is 3. The quantitative estimate of drug-likeness (QED) is 0.829. The van der Waals surface area contributed by atoms with Crippen molar-refractivity contribution in [2.45, 2.75) is 6.54 Å². The Labute approximate surface area is 132 Å². The van der Waals surface area contributed by atoms with Crippen LogP contribution in [0.3, 0.4) is 0 Å². The molecule has 0 radical (unpaired) electrons. The van der Waals surface area contributed by atoms with Crippen molar-refractivity contribution < 1.29 is 19.0 Å². The van der Waals surface area contributed by atoms with Gasteiger partial charge in [0.2, 0.25) is 0 Å².